The summed E-state index contributed by atoms with van der Waals surface area (Å²) in [5.74, 6) is -0.563. The van der Waals surface area contributed by atoms with Crippen LogP contribution in [0.25, 0.3) is 0 Å². The zero-order valence-electron chi connectivity index (χ0n) is 11.4. The molecular weight excluding hydrogens is 330 g/mol. The summed E-state index contributed by atoms with van der Waals surface area (Å²) in [7, 11) is 0. The van der Waals surface area contributed by atoms with E-state index in [-0.39, 0.29) is 24.8 Å². The van der Waals surface area contributed by atoms with Gasteiger partial charge in [0.15, 0.2) is 5.79 Å². The normalized spacial score (nSPS) is 21.1. The van der Waals surface area contributed by atoms with Crippen molar-refractivity contribution >= 4 is 21.6 Å². The number of rotatable bonds is 5. The zero-order valence-corrected chi connectivity index (χ0v) is 13.0. The number of nitrogens with one attached hydrogen (secondary N) is 1. The van der Waals surface area contributed by atoms with Gasteiger partial charge in [-0.2, -0.15) is 5.10 Å². The molecule has 112 valence electrons. The molecule has 2 rings (SSSR count). The van der Waals surface area contributed by atoms with Crippen molar-refractivity contribution in [3.05, 3.63) is 21.0 Å². The van der Waals surface area contributed by atoms with E-state index < -0.39 is 5.79 Å². The zero-order chi connectivity index (χ0) is 14.8. The van der Waals surface area contributed by atoms with E-state index >= 15 is 0 Å². The lowest BCUT2D eigenvalue weighted by Gasteiger charge is -2.17. The third-order valence-electron chi connectivity index (χ3n) is 2.88. The molecule has 1 atom stereocenters. The Morgan fingerprint density at radius 1 is 1.65 bits per heavy atom. The van der Waals surface area contributed by atoms with E-state index in [4.69, 9.17) is 14.6 Å². The van der Waals surface area contributed by atoms with Gasteiger partial charge in [0, 0.05) is 6.54 Å². The van der Waals surface area contributed by atoms with Crippen LogP contribution >= 0.6 is 15.9 Å². The second-order valence-electron chi connectivity index (χ2n) is 4.96. The van der Waals surface area contributed by atoms with E-state index in [0.29, 0.717) is 23.3 Å². The first-order valence-corrected chi connectivity index (χ1v) is 7.14. The minimum atomic E-state index is -0.563. The summed E-state index contributed by atoms with van der Waals surface area (Å²) in [5.41, 5.74) is 0.311. The highest BCUT2D eigenvalue weighted by molar-refractivity contribution is 9.10. The van der Waals surface area contributed by atoms with Crippen LogP contribution in [-0.2, 0) is 16.0 Å². The number of aromatic nitrogens is 2. The Hall–Kier alpha value is -0.960. The standard InChI is InChI=1S/C12H18BrN3O4/c1-12(2)19-7-8(20-12)5-14-9-6-15-16(3-4-17)11(18)10(9)13/h6,8,14,17H,3-5,7H2,1-2H3. The number of hydrogen-bond donors (Lipinski definition) is 2. The fraction of sp³-hybridized carbons (Fsp3) is 0.667. The van der Waals surface area contributed by atoms with Gasteiger partial charge in [-0.05, 0) is 29.8 Å². The molecule has 2 heterocycles. The molecule has 1 fully saturated rings. The van der Waals surface area contributed by atoms with Crippen LogP contribution in [-0.4, -0.2) is 46.5 Å². The summed E-state index contributed by atoms with van der Waals surface area (Å²) in [6.45, 7) is 4.79. The first-order chi connectivity index (χ1) is 9.43. The fourth-order valence-electron chi connectivity index (χ4n) is 1.93. The summed E-state index contributed by atoms with van der Waals surface area (Å²) in [5, 5.41) is 15.9. The highest BCUT2D eigenvalue weighted by Crippen LogP contribution is 2.23. The number of nitrogens with zero attached hydrogens (tertiary/aromatic N) is 2. The monoisotopic (exact) mass is 347 g/mol. The molecule has 0 spiro atoms. The molecule has 1 unspecified atom stereocenters. The quantitative estimate of drug-likeness (QED) is 0.809. The highest BCUT2D eigenvalue weighted by Gasteiger charge is 2.32. The maximum absolute atomic E-state index is 11.9. The predicted octanol–water partition coefficient (Wildman–Crippen LogP) is 0.561. The van der Waals surface area contributed by atoms with Crippen molar-refractivity contribution in [1.29, 1.82) is 0 Å². The molecule has 1 aliphatic rings. The van der Waals surface area contributed by atoms with Crippen LogP contribution in [0.1, 0.15) is 13.8 Å². The van der Waals surface area contributed by atoms with E-state index in [1.165, 1.54) is 4.68 Å². The molecule has 1 aliphatic heterocycles. The maximum Gasteiger partial charge on any atom is 0.283 e. The largest absolute Gasteiger partial charge is 0.394 e. The molecule has 0 bridgehead atoms. The number of anilines is 1. The molecule has 0 aliphatic carbocycles. The molecule has 20 heavy (non-hydrogen) atoms. The van der Waals surface area contributed by atoms with Crippen LogP contribution in [0.5, 0.6) is 0 Å². The smallest absolute Gasteiger partial charge is 0.283 e. The molecule has 1 saturated heterocycles. The van der Waals surface area contributed by atoms with Gasteiger partial charge in [-0.3, -0.25) is 4.79 Å². The minimum absolute atomic E-state index is 0.0724. The van der Waals surface area contributed by atoms with Crippen LogP contribution in [0.3, 0.4) is 0 Å². The van der Waals surface area contributed by atoms with Crippen molar-refractivity contribution < 1.29 is 14.6 Å². The SMILES string of the molecule is CC1(C)OCC(CNc2cnn(CCO)c(=O)c2Br)O1. The third-order valence-corrected chi connectivity index (χ3v) is 3.65. The van der Waals surface area contributed by atoms with Crippen molar-refractivity contribution in [1.82, 2.24) is 9.78 Å². The van der Waals surface area contributed by atoms with E-state index in [0.717, 1.165) is 0 Å². The maximum atomic E-state index is 11.9. The van der Waals surface area contributed by atoms with Crippen molar-refractivity contribution in [2.45, 2.75) is 32.3 Å². The lowest BCUT2D eigenvalue weighted by molar-refractivity contribution is -0.136. The average Bonchev–Trinajstić information content (AvgIpc) is 2.74. The Labute approximate surface area is 125 Å². The van der Waals surface area contributed by atoms with Gasteiger partial charge >= 0.3 is 0 Å². The average molecular weight is 348 g/mol. The first-order valence-electron chi connectivity index (χ1n) is 6.35. The molecule has 0 saturated carbocycles. The van der Waals surface area contributed by atoms with Crippen LogP contribution in [0.2, 0.25) is 0 Å². The topological polar surface area (TPSA) is 85.6 Å². The number of halogens is 1. The van der Waals surface area contributed by atoms with Crippen molar-refractivity contribution in [2.24, 2.45) is 0 Å². The molecule has 8 heteroatoms. The van der Waals surface area contributed by atoms with Crippen LogP contribution in [0.15, 0.2) is 15.5 Å². The number of hydrogen-bond acceptors (Lipinski definition) is 6. The van der Waals surface area contributed by atoms with Gasteiger partial charge in [0.1, 0.15) is 10.6 Å². The molecule has 1 aromatic heterocycles. The van der Waals surface area contributed by atoms with Crippen molar-refractivity contribution in [3.63, 3.8) is 0 Å². The molecule has 7 nitrogen and oxygen atoms in total. The molecule has 1 aromatic rings. The summed E-state index contributed by atoms with van der Waals surface area (Å²) < 4.78 is 12.7. The van der Waals surface area contributed by atoms with E-state index in [9.17, 15) is 4.79 Å². The molecule has 0 radical (unpaired) electrons. The lowest BCUT2D eigenvalue weighted by atomic mass is 10.3. The second kappa shape index (κ2) is 6.21. The Balaban J connectivity index is 2.00. The fourth-order valence-corrected chi connectivity index (χ4v) is 2.38. The van der Waals surface area contributed by atoms with E-state index in [1.807, 2.05) is 13.8 Å². The Morgan fingerprint density at radius 3 is 3.00 bits per heavy atom. The van der Waals surface area contributed by atoms with Crippen LogP contribution in [0, 0.1) is 0 Å². The van der Waals surface area contributed by atoms with Gasteiger partial charge in [-0.25, -0.2) is 4.68 Å². The highest BCUT2D eigenvalue weighted by atomic mass is 79.9. The van der Waals surface area contributed by atoms with Crippen LogP contribution < -0.4 is 10.9 Å². The van der Waals surface area contributed by atoms with Crippen molar-refractivity contribution in [2.75, 3.05) is 25.1 Å². The van der Waals surface area contributed by atoms with Gasteiger partial charge in [-0.1, -0.05) is 0 Å². The summed E-state index contributed by atoms with van der Waals surface area (Å²) in [4.78, 5) is 11.9. The Morgan fingerprint density at radius 2 is 2.40 bits per heavy atom. The van der Waals surface area contributed by atoms with Gasteiger partial charge < -0.3 is 19.9 Å². The third kappa shape index (κ3) is 3.57. The number of ether oxygens (including phenoxy) is 2. The van der Waals surface area contributed by atoms with Gasteiger partial charge in [0.2, 0.25) is 0 Å². The van der Waals surface area contributed by atoms with E-state index in [2.05, 4.69) is 26.3 Å². The summed E-state index contributed by atoms with van der Waals surface area (Å²) in [6, 6.07) is 0. The number of aliphatic hydroxyl groups excluding tert-OH is 1. The van der Waals surface area contributed by atoms with Gasteiger partial charge in [-0.15, -0.1) is 0 Å². The second-order valence-corrected chi connectivity index (χ2v) is 5.75. The summed E-state index contributed by atoms with van der Waals surface area (Å²) in [6.07, 6.45) is 1.47. The van der Waals surface area contributed by atoms with Crippen molar-refractivity contribution in [3.8, 4) is 0 Å². The Bertz CT molecular complexity index is 532. The lowest BCUT2D eigenvalue weighted by Crippen LogP contribution is -2.28. The Kier molecular flexibility index (Phi) is 4.79. The molecule has 0 amide bonds. The molecule has 0 aromatic carbocycles. The number of aliphatic hydroxyl groups is 1. The van der Waals surface area contributed by atoms with Gasteiger partial charge in [0.25, 0.3) is 5.56 Å². The molecule has 2 N–H and O–H groups in total. The van der Waals surface area contributed by atoms with Crippen LogP contribution in [0.4, 0.5) is 5.69 Å². The summed E-state index contributed by atoms with van der Waals surface area (Å²) >= 11 is 3.24. The first kappa shape index (κ1) is 15.4. The molecular formula is C12H18BrN3O4. The predicted molar refractivity (Wildman–Crippen MR) is 76.7 cm³/mol. The van der Waals surface area contributed by atoms with Gasteiger partial charge in [0.05, 0.1) is 31.6 Å². The minimum Gasteiger partial charge on any atom is -0.394 e. The van der Waals surface area contributed by atoms with E-state index in [1.54, 1.807) is 6.20 Å².